The fourth-order valence-electron chi connectivity index (χ4n) is 3.99. The van der Waals surface area contributed by atoms with Crippen LogP contribution in [0.2, 0.25) is 0 Å². The molecule has 8 nitrogen and oxygen atoms in total. The second-order valence-corrected chi connectivity index (χ2v) is 8.74. The number of aromatic nitrogens is 2. The highest BCUT2D eigenvalue weighted by molar-refractivity contribution is 9.10. The lowest BCUT2D eigenvalue weighted by Gasteiger charge is -2.13. The number of para-hydroxylation sites is 2. The molecule has 3 aromatic carbocycles. The summed E-state index contributed by atoms with van der Waals surface area (Å²) in [5, 5.41) is 13.3. The van der Waals surface area contributed by atoms with Gasteiger partial charge in [-0.1, -0.05) is 30.3 Å². The number of rotatable bonds is 7. The number of nitrogens with zero attached hydrogens (tertiary/aromatic N) is 2. The second-order valence-electron chi connectivity index (χ2n) is 7.89. The van der Waals surface area contributed by atoms with Crippen molar-refractivity contribution < 1.29 is 19.1 Å². The molecule has 9 heteroatoms. The Kier molecular flexibility index (Phi) is 6.00. The summed E-state index contributed by atoms with van der Waals surface area (Å²) < 4.78 is 14.1. The summed E-state index contributed by atoms with van der Waals surface area (Å²) in [6.45, 7) is 2.43. The molecular formula is C26H20BrN3O5. The average molecular weight is 534 g/mol. The van der Waals surface area contributed by atoms with Crippen molar-refractivity contribution in [2.45, 2.75) is 13.5 Å². The summed E-state index contributed by atoms with van der Waals surface area (Å²) in [6.07, 6.45) is 0. The molecule has 5 aromatic rings. The molecule has 2 aromatic heterocycles. The molecule has 2 heterocycles. The van der Waals surface area contributed by atoms with Crippen LogP contribution in [0.25, 0.3) is 22.0 Å². The third-order valence-corrected chi connectivity index (χ3v) is 6.39. The lowest BCUT2D eigenvalue weighted by Crippen LogP contribution is -2.16. The molecule has 0 aliphatic carbocycles. The number of aromatic carboxylic acids is 1. The molecule has 0 amide bonds. The van der Waals surface area contributed by atoms with Gasteiger partial charge in [0, 0.05) is 15.9 Å². The number of ether oxygens (including phenoxy) is 1. The maximum absolute atomic E-state index is 12.3. The van der Waals surface area contributed by atoms with Crippen LogP contribution >= 0.6 is 15.9 Å². The zero-order chi connectivity index (χ0) is 24.5. The molecule has 0 atom stereocenters. The summed E-state index contributed by atoms with van der Waals surface area (Å²) in [5.41, 5.74) is 1.55. The number of carbonyl (C=O) groups is 1. The van der Waals surface area contributed by atoms with E-state index in [9.17, 15) is 14.7 Å². The van der Waals surface area contributed by atoms with Crippen molar-refractivity contribution >= 4 is 55.5 Å². The molecule has 0 fully saturated rings. The van der Waals surface area contributed by atoms with Gasteiger partial charge in [0.1, 0.15) is 23.5 Å². The first kappa shape index (κ1) is 22.7. The van der Waals surface area contributed by atoms with Gasteiger partial charge in [-0.2, -0.15) is 0 Å². The van der Waals surface area contributed by atoms with Gasteiger partial charge in [0.25, 0.3) is 0 Å². The number of imidazole rings is 1. The second kappa shape index (κ2) is 9.27. The third-order valence-electron chi connectivity index (χ3n) is 5.70. The molecule has 0 spiro atoms. The van der Waals surface area contributed by atoms with Gasteiger partial charge >= 0.3 is 11.6 Å². The molecule has 35 heavy (non-hydrogen) atoms. The van der Waals surface area contributed by atoms with E-state index < -0.39 is 11.6 Å². The standard InChI is InChI=1S/C26H20BrN3O5/c1-15-17-13-20-21(14-22(17)35-25(33)23(15)24(31)32)30(11-12-34-16-7-3-2-4-8-16)26(29-20)28-19-10-6-5-9-18(19)27/h2-10,13-14H,11-12H2,1H3,(H,28,29)(H,31,32). The van der Waals surface area contributed by atoms with Crippen molar-refractivity contribution in [1.82, 2.24) is 9.55 Å². The first-order valence-electron chi connectivity index (χ1n) is 10.8. The molecule has 0 radical (unpaired) electrons. The Hall–Kier alpha value is -4.11. The smallest absolute Gasteiger partial charge is 0.351 e. The van der Waals surface area contributed by atoms with Gasteiger partial charge in [0.2, 0.25) is 5.95 Å². The fraction of sp³-hybridized carbons (Fsp3) is 0.115. The largest absolute Gasteiger partial charge is 0.492 e. The van der Waals surface area contributed by atoms with Gasteiger partial charge in [-0.25, -0.2) is 14.6 Å². The highest BCUT2D eigenvalue weighted by atomic mass is 79.9. The van der Waals surface area contributed by atoms with Crippen LogP contribution in [-0.2, 0) is 6.54 Å². The first-order chi connectivity index (χ1) is 16.9. The van der Waals surface area contributed by atoms with Gasteiger partial charge in [-0.15, -0.1) is 0 Å². The van der Waals surface area contributed by atoms with Crippen molar-refractivity contribution in [2.24, 2.45) is 0 Å². The number of fused-ring (bicyclic) bond motifs is 2. The van der Waals surface area contributed by atoms with Crippen LogP contribution in [-0.4, -0.2) is 27.2 Å². The zero-order valence-electron chi connectivity index (χ0n) is 18.6. The highest BCUT2D eigenvalue weighted by Gasteiger charge is 2.20. The molecule has 2 N–H and O–H groups in total. The predicted octanol–water partition coefficient (Wildman–Crippen LogP) is 5.73. The van der Waals surface area contributed by atoms with Crippen LogP contribution in [0, 0.1) is 6.92 Å². The normalized spacial score (nSPS) is 11.1. The molecule has 0 aliphatic rings. The molecule has 5 rings (SSSR count). The highest BCUT2D eigenvalue weighted by Crippen LogP contribution is 2.31. The van der Waals surface area contributed by atoms with Crippen molar-refractivity contribution in [3.05, 3.63) is 92.7 Å². The number of carboxylic acid groups (broad SMARTS) is 1. The van der Waals surface area contributed by atoms with E-state index in [2.05, 4.69) is 21.2 Å². The van der Waals surface area contributed by atoms with E-state index in [4.69, 9.17) is 14.1 Å². The van der Waals surface area contributed by atoms with Crippen LogP contribution in [0.3, 0.4) is 0 Å². The Morgan fingerprint density at radius 2 is 1.89 bits per heavy atom. The number of hydrogen-bond acceptors (Lipinski definition) is 6. The van der Waals surface area contributed by atoms with Crippen molar-refractivity contribution in [3.8, 4) is 5.75 Å². The van der Waals surface area contributed by atoms with Gasteiger partial charge in [0.05, 0.1) is 23.3 Å². The topological polar surface area (TPSA) is 107 Å². The van der Waals surface area contributed by atoms with Gasteiger partial charge in [-0.3, -0.25) is 0 Å². The van der Waals surface area contributed by atoms with E-state index in [1.807, 2.05) is 59.2 Å². The van der Waals surface area contributed by atoms with Crippen molar-refractivity contribution in [1.29, 1.82) is 0 Å². The number of benzene rings is 3. The van der Waals surface area contributed by atoms with Crippen LogP contribution in [0.4, 0.5) is 11.6 Å². The lowest BCUT2D eigenvalue weighted by molar-refractivity contribution is 0.0691. The Bertz CT molecular complexity index is 1630. The number of halogens is 1. The van der Waals surface area contributed by atoms with Gasteiger partial charge < -0.3 is 24.1 Å². The number of aryl methyl sites for hydroxylation is 1. The van der Waals surface area contributed by atoms with E-state index in [1.165, 1.54) is 0 Å². The molecule has 0 aliphatic heterocycles. The number of anilines is 2. The van der Waals surface area contributed by atoms with Crippen LogP contribution < -0.4 is 15.7 Å². The van der Waals surface area contributed by atoms with E-state index >= 15 is 0 Å². The molecule has 0 saturated heterocycles. The first-order valence-corrected chi connectivity index (χ1v) is 11.6. The van der Waals surface area contributed by atoms with E-state index in [0.29, 0.717) is 46.7 Å². The summed E-state index contributed by atoms with van der Waals surface area (Å²) in [7, 11) is 0. The number of carboxylic acids is 1. The lowest BCUT2D eigenvalue weighted by atomic mass is 10.1. The van der Waals surface area contributed by atoms with Crippen LogP contribution in [0.5, 0.6) is 5.75 Å². The zero-order valence-corrected chi connectivity index (χ0v) is 20.2. The molecular weight excluding hydrogens is 514 g/mol. The predicted molar refractivity (Wildman–Crippen MR) is 137 cm³/mol. The van der Waals surface area contributed by atoms with Crippen molar-refractivity contribution in [3.63, 3.8) is 0 Å². The fourth-order valence-corrected chi connectivity index (χ4v) is 4.38. The Morgan fingerprint density at radius 1 is 1.14 bits per heavy atom. The minimum absolute atomic E-state index is 0.294. The van der Waals surface area contributed by atoms with Gasteiger partial charge in [0.15, 0.2) is 0 Å². The third kappa shape index (κ3) is 4.38. The van der Waals surface area contributed by atoms with E-state index in [-0.39, 0.29) is 5.56 Å². The van der Waals surface area contributed by atoms with E-state index in [1.54, 1.807) is 19.1 Å². The van der Waals surface area contributed by atoms with Crippen LogP contribution in [0.15, 0.2) is 80.4 Å². The van der Waals surface area contributed by atoms with Crippen LogP contribution in [0.1, 0.15) is 15.9 Å². The summed E-state index contributed by atoms with van der Waals surface area (Å²) in [5.74, 6) is 0.000881. The number of hydrogen-bond donors (Lipinski definition) is 2. The summed E-state index contributed by atoms with van der Waals surface area (Å²) in [4.78, 5) is 28.7. The average Bonchev–Trinajstić information content (AvgIpc) is 3.16. The summed E-state index contributed by atoms with van der Waals surface area (Å²) >= 11 is 3.55. The monoisotopic (exact) mass is 533 g/mol. The summed E-state index contributed by atoms with van der Waals surface area (Å²) in [6, 6.07) is 20.7. The molecule has 176 valence electrons. The molecule has 0 saturated carbocycles. The number of nitrogens with one attached hydrogen (secondary N) is 1. The van der Waals surface area contributed by atoms with Crippen molar-refractivity contribution in [2.75, 3.05) is 11.9 Å². The quantitative estimate of drug-likeness (QED) is 0.257. The minimum atomic E-state index is -1.32. The maximum Gasteiger partial charge on any atom is 0.351 e. The Labute approximate surface area is 207 Å². The SMILES string of the molecule is Cc1c(C(=O)O)c(=O)oc2cc3c(cc12)nc(Nc1ccccc1Br)n3CCOc1ccccc1. The van der Waals surface area contributed by atoms with Gasteiger partial charge in [-0.05, 0) is 58.7 Å². The maximum atomic E-state index is 12.3. The Balaban J connectivity index is 1.62. The molecule has 0 bridgehead atoms. The minimum Gasteiger partial charge on any atom is -0.492 e. The Morgan fingerprint density at radius 3 is 2.63 bits per heavy atom. The molecule has 0 unspecified atom stereocenters. The van der Waals surface area contributed by atoms with E-state index in [0.717, 1.165) is 15.9 Å².